The Hall–Kier alpha value is -1.93. The minimum Gasteiger partial charge on any atom is -0.446 e. The Balaban J connectivity index is 2.32. The van der Waals surface area contributed by atoms with Gasteiger partial charge in [-0.3, -0.25) is 9.78 Å². The van der Waals surface area contributed by atoms with Crippen LogP contribution in [-0.2, 0) is 0 Å². The van der Waals surface area contributed by atoms with E-state index in [0.29, 0.717) is 10.2 Å². The van der Waals surface area contributed by atoms with Gasteiger partial charge in [0.2, 0.25) is 5.78 Å². The first-order chi connectivity index (χ1) is 8.22. The summed E-state index contributed by atoms with van der Waals surface area (Å²) < 4.78 is 5.61. The average Bonchev–Trinajstić information content (AvgIpc) is 2.78. The fourth-order valence-corrected chi connectivity index (χ4v) is 1.73. The fraction of sp³-hybridized carbons (Fsp3) is 0.0833. The quantitative estimate of drug-likeness (QED) is 0.815. The van der Waals surface area contributed by atoms with E-state index in [9.17, 15) is 4.79 Å². The number of nitriles is 1. The van der Waals surface area contributed by atoms with E-state index in [1.807, 2.05) is 6.07 Å². The van der Waals surface area contributed by atoms with Crippen LogP contribution in [0.2, 0.25) is 0 Å². The molecule has 0 radical (unpaired) electrons. The molecule has 17 heavy (non-hydrogen) atoms. The van der Waals surface area contributed by atoms with E-state index >= 15 is 0 Å². The van der Waals surface area contributed by atoms with Crippen LogP contribution in [-0.4, -0.2) is 10.8 Å². The third-order valence-corrected chi connectivity index (χ3v) is 2.65. The molecular formula is C12H7BrN2O2. The van der Waals surface area contributed by atoms with Gasteiger partial charge in [-0.05, 0) is 39.7 Å². The molecule has 0 aliphatic heterocycles. The number of nitrogens with zero attached hydrogens (tertiary/aromatic N) is 2. The summed E-state index contributed by atoms with van der Waals surface area (Å²) >= 11 is 3.11. The van der Waals surface area contributed by atoms with Gasteiger partial charge in [0.25, 0.3) is 0 Å². The van der Waals surface area contributed by atoms with Gasteiger partial charge in [0.1, 0.15) is 5.92 Å². The van der Waals surface area contributed by atoms with Crippen LogP contribution in [0.4, 0.5) is 0 Å². The van der Waals surface area contributed by atoms with Crippen molar-refractivity contribution in [1.82, 2.24) is 4.98 Å². The highest BCUT2D eigenvalue weighted by Crippen LogP contribution is 2.22. The van der Waals surface area contributed by atoms with Crippen LogP contribution < -0.4 is 0 Å². The van der Waals surface area contributed by atoms with Crippen LogP contribution in [0.3, 0.4) is 0 Å². The van der Waals surface area contributed by atoms with E-state index in [2.05, 4.69) is 20.9 Å². The van der Waals surface area contributed by atoms with Gasteiger partial charge in [0.15, 0.2) is 10.4 Å². The summed E-state index contributed by atoms with van der Waals surface area (Å²) in [5.74, 6) is -1.10. The average molecular weight is 291 g/mol. The first kappa shape index (κ1) is 11.6. The van der Waals surface area contributed by atoms with Gasteiger partial charge in [0.05, 0.1) is 6.07 Å². The summed E-state index contributed by atoms with van der Waals surface area (Å²) in [5.41, 5.74) is 0.563. The normalized spacial score (nSPS) is 11.8. The number of hydrogen-bond donors (Lipinski definition) is 0. The van der Waals surface area contributed by atoms with Gasteiger partial charge in [-0.25, -0.2) is 0 Å². The molecule has 0 N–H and O–H groups in total. The van der Waals surface area contributed by atoms with Crippen LogP contribution in [0, 0.1) is 11.3 Å². The highest BCUT2D eigenvalue weighted by Gasteiger charge is 2.24. The number of halogens is 1. The SMILES string of the molecule is N#CC(C(=O)c1ccc(Br)o1)c1cccnc1. The molecule has 4 nitrogen and oxygen atoms in total. The topological polar surface area (TPSA) is 66.9 Å². The van der Waals surface area contributed by atoms with Crippen molar-refractivity contribution in [1.29, 1.82) is 5.26 Å². The van der Waals surface area contributed by atoms with Gasteiger partial charge in [0, 0.05) is 12.4 Å². The highest BCUT2D eigenvalue weighted by molar-refractivity contribution is 9.10. The van der Waals surface area contributed by atoms with Crippen LogP contribution in [0.1, 0.15) is 22.0 Å². The molecule has 2 heterocycles. The number of carbonyl (C=O) groups is 1. The van der Waals surface area contributed by atoms with Crippen LogP contribution in [0.15, 0.2) is 45.7 Å². The minimum absolute atomic E-state index is 0.160. The summed E-state index contributed by atoms with van der Waals surface area (Å²) in [6.07, 6.45) is 3.09. The largest absolute Gasteiger partial charge is 0.446 e. The van der Waals surface area contributed by atoms with Crippen molar-refractivity contribution in [2.75, 3.05) is 0 Å². The second kappa shape index (κ2) is 4.93. The molecule has 0 bridgehead atoms. The highest BCUT2D eigenvalue weighted by atomic mass is 79.9. The summed E-state index contributed by atoms with van der Waals surface area (Å²) in [5, 5.41) is 9.07. The molecule has 2 rings (SSSR count). The molecule has 0 fully saturated rings. The zero-order valence-electron chi connectivity index (χ0n) is 8.63. The lowest BCUT2D eigenvalue weighted by atomic mass is 9.96. The molecule has 0 aromatic carbocycles. The van der Waals surface area contributed by atoms with Crippen molar-refractivity contribution in [3.05, 3.63) is 52.7 Å². The Morgan fingerprint density at radius 2 is 2.29 bits per heavy atom. The van der Waals surface area contributed by atoms with E-state index in [0.717, 1.165) is 0 Å². The second-order valence-electron chi connectivity index (χ2n) is 3.32. The third-order valence-electron chi connectivity index (χ3n) is 2.23. The first-order valence-electron chi connectivity index (χ1n) is 4.81. The molecule has 2 aromatic heterocycles. The van der Waals surface area contributed by atoms with E-state index in [1.54, 1.807) is 24.4 Å². The van der Waals surface area contributed by atoms with Gasteiger partial charge < -0.3 is 4.42 Å². The predicted molar refractivity (Wildman–Crippen MR) is 63.3 cm³/mol. The summed E-state index contributed by atoms with van der Waals surface area (Å²) in [7, 11) is 0. The van der Waals surface area contributed by atoms with E-state index in [4.69, 9.17) is 9.68 Å². The Morgan fingerprint density at radius 1 is 1.47 bits per heavy atom. The van der Waals surface area contributed by atoms with E-state index in [1.165, 1.54) is 12.3 Å². The van der Waals surface area contributed by atoms with Crippen molar-refractivity contribution in [3.8, 4) is 6.07 Å². The lowest BCUT2D eigenvalue weighted by Gasteiger charge is -2.05. The summed E-state index contributed by atoms with van der Waals surface area (Å²) in [6, 6.07) is 8.49. The van der Waals surface area contributed by atoms with Crippen LogP contribution >= 0.6 is 15.9 Å². The first-order valence-corrected chi connectivity index (χ1v) is 5.61. The number of aromatic nitrogens is 1. The Morgan fingerprint density at radius 3 is 2.82 bits per heavy atom. The van der Waals surface area contributed by atoms with Gasteiger partial charge in [-0.1, -0.05) is 6.07 Å². The number of furan rings is 1. The predicted octanol–water partition coefficient (Wildman–Crippen LogP) is 2.93. The van der Waals surface area contributed by atoms with E-state index < -0.39 is 5.92 Å². The zero-order valence-corrected chi connectivity index (χ0v) is 10.2. The smallest absolute Gasteiger partial charge is 0.219 e. The van der Waals surface area contributed by atoms with Gasteiger partial charge in [-0.2, -0.15) is 5.26 Å². The van der Waals surface area contributed by atoms with Gasteiger partial charge >= 0.3 is 0 Å². The number of Topliss-reactive ketones (excluding diaryl/α,β-unsaturated/α-hetero) is 1. The molecule has 0 aliphatic carbocycles. The molecule has 2 aromatic rings. The molecular weight excluding hydrogens is 284 g/mol. The Kier molecular flexibility index (Phi) is 3.35. The minimum atomic E-state index is -0.887. The standard InChI is InChI=1S/C12H7BrN2O2/c13-11-4-3-10(17-11)12(16)9(6-14)8-2-1-5-15-7-8/h1-5,7,9H. The Bertz CT molecular complexity index is 572. The monoisotopic (exact) mass is 290 g/mol. The molecule has 1 unspecified atom stereocenters. The summed E-state index contributed by atoms with van der Waals surface area (Å²) in [4.78, 5) is 15.9. The van der Waals surface area contributed by atoms with Crippen molar-refractivity contribution in [3.63, 3.8) is 0 Å². The lowest BCUT2D eigenvalue weighted by molar-refractivity contribution is 0.0950. The van der Waals surface area contributed by atoms with Crippen molar-refractivity contribution in [2.24, 2.45) is 0 Å². The number of carbonyl (C=O) groups excluding carboxylic acids is 1. The number of rotatable bonds is 3. The molecule has 1 atom stereocenters. The maximum absolute atomic E-state index is 12.0. The molecule has 0 saturated heterocycles. The molecule has 0 aliphatic rings. The van der Waals surface area contributed by atoms with Crippen molar-refractivity contribution >= 4 is 21.7 Å². The maximum Gasteiger partial charge on any atom is 0.219 e. The maximum atomic E-state index is 12.0. The van der Waals surface area contributed by atoms with Crippen molar-refractivity contribution < 1.29 is 9.21 Å². The van der Waals surface area contributed by atoms with Crippen LogP contribution in [0.5, 0.6) is 0 Å². The zero-order chi connectivity index (χ0) is 12.3. The molecule has 0 saturated carbocycles. The molecule has 5 heteroatoms. The van der Waals surface area contributed by atoms with Crippen LogP contribution in [0.25, 0.3) is 0 Å². The van der Waals surface area contributed by atoms with Crippen molar-refractivity contribution in [2.45, 2.75) is 5.92 Å². The van der Waals surface area contributed by atoms with E-state index in [-0.39, 0.29) is 11.5 Å². The lowest BCUT2D eigenvalue weighted by Crippen LogP contribution is -2.10. The summed E-state index contributed by atoms with van der Waals surface area (Å²) in [6.45, 7) is 0. The number of pyridine rings is 1. The number of ketones is 1. The Labute approximate surface area is 106 Å². The third kappa shape index (κ3) is 2.43. The fourth-order valence-electron chi connectivity index (χ4n) is 1.42. The second-order valence-corrected chi connectivity index (χ2v) is 4.10. The number of hydrogen-bond acceptors (Lipinski definition) is 4. The molecule has 84 valence electrons. The molecule has 0 amide bonds. The molecule has 0 spiro atoms. The van der Waals surface area contributed by atoms with Gasteiger partial charge in [-0.15, -0.1) is 0 Å².